The maximum Gasteiger partial charge on any atom is 0.483 e. The molecule has 0 spiro atoms. The van der Waals surface area contributed by atoms with Crippen molar-refractivity contribution in [2.75, 3.05) is 0 Å². The Bertz CT molecular complexity index is 406. The average Bonchev–Trinajstić information content (AvgIpc) is 2.10. The molecule has 0 heterocycles. The van der Waals surface area contributed by atoms with Crippen molar-refractivity contribution in [3.8, 4) is 0 Å². The smallest absolute Gasteiger partial charge is 0.483 e. The first kappa shape index (κ1) is 22.7. The van der Waals surface area contributed by atoms with Gasteiger partial charge in [-0.3, -0.25) is 0 Å². The van der Waals surface area contributed by atoms with Crippen LogP contribution in [0.3, 0.4) is 0 Å². The number of carboxylic acid groups (broad SMARTS) is 1. The molecular formula is C6H4F11NO4. The fourth-order valence-electron chi connectivity index (χ4n) is 0.621. The molecule has 0 radical (unpaired) electrons. The number of rotatable bonds is 5. The van der Waals surface area contributed by atoms with Gasteiger partial charge in [0.2, 0.25) is 0 Å². The Labute approximate surface area is 112 Å². The lowest BCUT2D eigenvalue weighted by Gasteiger charge is -2.35. The van der Waals surface area contributed by atoms with E-state index < -0.39 is 36.6 Å². The second-order valence-corrected chi connectivity index (χ2v) is 3.08. The third kappa shape index (κ3) is 4.21. The molecule has 0 unspecified atom stereocenters. The van der Waals surface area contributed by atoms with Crippen LogP contribution in [-0.2, 0) is 9.47 Å². The highest BCUT2D eigenvalue weighted by Crippen LogP contribution is 2.51. The van der Waals surface area contributed by atoms with Crippen LogP contribution in [-0.4, -0.2) is 36.6 Å². The molecule has 0 saturated carbocycles. The second-order valence-electron chi connectivity index (χ2n) is 3.08. The Morgan fingerprint density at radius 1 is 0.727 bits per heavy atom. The zero-order valence-corrected chi connectivity index (χ0v) is 9.79. The summed E-state index contributed by atoms with van der Waals surface area (Å²) in [5, 5.41) is 9.47. The highest BCUT2D eigenvalue weighted by atomic mass is 19.4. The van der Waals surface area contributed by atoms with Crippen molar-refractivity contribution in [1.82, 2.24) is 6.15 Å². The number of carbonyl (C=O) groups is 1. The molecule has 5 nitrogen and oxygen atoms in total. The molecule has 0 aliphatic rings. The van der Waals surface area contributed by atoms with Crippen LogP contribution in [0.5, 0.6) is 0 Å². The van der Waals surface area contributed by atoms with Gasteiger partial charge in [0.05, 0.1) is 0 Å². The molecule has 0 bridgehead atoms. The van der Waals surface area contributed by atoms with Gasteiger partial charge in [-0.2, -0.15) is 48.3 Å². The predicted octanol–water partition coefficient (Wildman–Crippen LogP) is 2.72. The molecular weight excluding hydrogens is 359 g/mol. The van der Waals surface area contributed by atoms with Crippen molar-refractivity contribution in [2.45, 2.75) is 30.4 Å². The van der Waals surface area contributed by atoms with Gasteiger partial charge < -0.3 is 20.8 Å². The van der Waals surface area contributed by atoms with Crippen molar-refractivity contribution in [3.05, 3.63) is 0 Å². The first-order valence-electron chi connectivity index (χ1n) is 4.05. The van der Waals surface area contributed by atoms with Gasteiger partial charge in [-0.1, -0.05) is 0 Å². The van der Waals surface area contributed by atoms with Crippen molar-refractivity contribution in [1.29, 1.82) is 0 Å². The van der Waals surface area contributed by atoms with Crippen LogP contribution in [0.4, 0.5) is 53.1 Å². The number of alkyl halides is 11. The Hall–Kier alpha value is -1.58. The number of halogens is 11. The number of hydrogen-bond donors (Lipinski definition) is 1. The van der Waals surface area contributed by atoms with Crippen LogP contribution < -0.4 is 11.3 Å². The lowest BCUT2D eigenvalue weighted by Crippen LogP contribution is -2.61. The summed E-state index contributed by atoms with van der Waals surface area (Å²) >= 11 is 0. The maximum absolute atomic E-state index is 12.5. The van der Waals surface area contributed by atoms with Gasteiger partial charge in [-0.25, -0.2) is 4.74 Å². The fourth-order valence-corrected chi connectivity index (χ4v) is 0.621. The van der Waals surface area contributed by atoms with Gasteiger partial charge in [-0.15, -0.1) is 0 Å². The molecule has 0 amide bonds. The van der Waals surface area contributed by atoms with Crippen LogP contribution in [0.1, 0.15) is 0 Å². The molecule has 0 aliphatic heterocycles. The Morgan fingerprint density at radius 3 is 1.36 bits per heavy atom. The van der Waals surface area contributed by atoms with E-state index in [2.05, 4.69) is 0 Å². The fraction of sp³-hybridized carbons (Fsp3) is 0.833. The molecule has 0 aromatic rings. The summed E-state index contributed by atoms with van der Waals surface area (Å²) in [6.45, 7) is 0. The normalized spacial score (nSPS) is 14.3. The summed E-state index contributed by atoms with van der Waals surface area (Å²) in [6, 6.07) is 0. The van der Waals surface area contributed by atoms with E-state index in [1.165, 1.54) is 4.74 Å². The molecule has 16 heteroatoms. The topological polar surface area (TPSA) is 95.1 Å². The van der Waals surface area contributed by atoms with Gasteiger partial charge in [0, 0.05) is 0 Å². The Kier molecular flexibility index (Phi) is 6.09. The van der Waals surface area contributed by atoms with E-state index >= 15 is 0 Å². The first-order chi connectivity index (χ1) is 8.87. The van der Waals surface area contributed by atoms with Crippen molar-refractivity contribution in [3.63, 3.8) is 0 Å². The summed E-state index contributed by atoms with van der Waals surface area (Å²) in [5.74, 6) is -7.21. The minimum Gasteiger partial charge on any atom is -0.485 e. The van der Waals surface area contributed by atoms with Crippen LogP contribution in [0.25, 0.3) is 0 Å². The van der Waals surface area contributed by atoms with E-state index in [1.807, 2.05) is 4.74 Å². The Balaban J connectivity index is 0. The standard InChI is InChI=1S/C6HF11O4.H3N/c7-2(8,4(12,13)20-1(18)19)5(14,15)21-6(16,17)3(9,10)11;/h(H,18,19);1H3. The van der Waals surface area contributed by atoms with Gasteiger partial charge in [0.15, 0.2) is 0 Å². The van der Waals surface area contributed by atoms with E-state index in [0.29, 0.717) is 0 Å². The van der Waals surface area contributed by atoms with Crippen LogP contribution in [0.15, 0.2) is 0 Å². The van der Waals surface area contributed by atoms with E-state index in [9.17, 15) is 58.2 Å². The monoisotopic (exact) mass is 363 g/mol. The zero-order valence-electron chi connectivity index (χ0n) is 9.79. The summed E-state index contributed by atoms with van der Waals surface area (Å²) in [6.07, 6.45) is -31.3. The molecule has 0 atom stereocenters. The zero-order chi connectivity index (χ0) is 17.5. The minimum atomic E-state index is -7.21. The lowest BCUT2D eigenvalue weighted by molar-refractivity contribution is -0.517. The summed E-state index contributed by atoms with van der Waals surface area (Å²) in [7, 11) is 0. The van der Waals surface area contributed by atoms with Gasteiger partial charge in [0.1, 0.15) is 0 Å². The quantitative estimate of drug-likeness (QED) is 0.600. The average molecular weight is 363 g/mol. The molecule has 0 fully saturated rings. The SMILES string of the molecule is O=C([O-])OC(F)(F)C(F)(F)C(F)(F)OC(F)(F)C(F)(F)F.[NH4+]. The number of quaternary nitrogens is 1. The largest absolute Gasteiger partial charge is 0.485 e. The van der Waals surface area contributed by atoms with Gasteiger partial charge in [-0.05, 0) is 0 Å². The second kappa shape index (κ2) is 5.90. The van der Waals surface area contributed by atoms with Gasteiger partial charge in [0.25, 0.3) is 6.16 Å². The van der Waals surface area contributed by atoms with Crippen LogP contribution >= 0.6 is 0 Å². The molecule has 22 heavy (non-hydrogen) atoms. The molecule has 0 aromatic carbocycles. The molecule has 0 rings (SSSR count). The third-order valence-corrected chi connectivity index (χ3v) is 1.53. The maximum atomic E-state index is 12.5. The Morgan fingerprint density at radius 2 is 1.09 bits per heavy atom. The number of ether oxygens (including phenoxy) is 2. The van der Waals surface area contributed by atoms with Gasteiger partial charge >= 0.3 is 30.4 Å². The summed E-state index contributed by atoms with van der Waals surface area (Å²) in [5.41, 5.74) is 0. The lowest BCUT2D eigenvalue weighted by atomic mass is 10.3. The van der Waals surface area contributed by atoms with E-state index in [1.54, 1.807) is 0 Å². The number of carbonyl (C=O) groups excluding carboxylic acids is 1. The van der Waals surface area contributed by atoms with Crippen molar-refractivity contribution < 1.29 is 67.7 Å². The molecule has 134 valence electrons. The summed E-state index contributed by atoms with van der Waals surface area (Å²) in [4.78, 5) is 9.47. The van der Waals surface area contributed by atoms with Crippen molar-refractivity contribution >= 4 is 6.16 Å². The van der Waals surface area contributed by atoms with Crippen LogP contribution in [0.2, 0.25) is 0 Å². The van der Waals surface area contributed by atoms with E-state index in [4.69, 9.17) is 0 Å². The third-order valence-electron chi connectivity index (χ3n) is 1.53. The summed E-state index contributed by atoms with van der Waals surface area (Å²) < 4.78 is 136. The van der Waals surface area contributed by atoms with Crippen molar-refractivity contribution in [2.24, 2.45) is 0 Å². The molecule has 0 saturated heterocycles. The van der Waals surface area contributed by atoms with Crippen LogP contribution in [0, 0.1) is 0 Å². The highest BCUT2D eigenvalue weighted by molar-refractivity contribution is 5.54. The molecule has 0 aliphatic carbocycles. The molecule has 4 N–H and O–H groups in total. The van der Waals surface area contributed by atoms with E-state index in [0.717, 1.165) is 0 Å². The van der Waals surface area contributed by atoms with E-state index in [-0.39, 0.29) is 6.15 Å². The molecule has 0 aromatic heterocycles. The predicted molar refractivity (Wildman–Crippen MR) is 39.4 cm³/mol. The first-order valence-corrected chi connectivity index (χ1v) is 4.05. The number of hydrogen-bond acceptors (Lipinski definition) is 4. The minimum absolute atomic E-state index is 0. The highest BCUT2D eigenvalue weighted by Gasteiger charge is 2.78.